The van der Waals surface area contributed by atoms with Crippen LogP contribution in [0.1, 0.15) is 5.69 Å². The third kappa shape index (κ3) is 4.18. The Balaban J connectivity index is 1.43. The van der Waals surface area contributed by atoms with E-state index >= 15 is 0 Å². The van der Waals surface area contributed by atoms with Crippen LogP contribution in [0, 0.1) is 17.0 Å². The molecule has 0 saturated heterocycles. The quantitative estimate of drug-likeness (QED) is 0.332. The molecular formula is C18H13N5O5S2. The number of para-hydroxylation sites is 2. The fraction of sp³-hybridized carbons (Fsp3) is 0.111. The second-order valence-electron chi connectivity index (χ2n) is 5.90. The zero-order valence-corrected chi connectivity index (χ0v) is 17.0. The number of hydrogen-bond acceptors (Lipinski definition) is 10. The molecule has 1 N–H and O–H groups in total. The molecule has 0 fully saturated rings. The molecule has 1 aromatic carbocycles. The second-order valence-corrected chi connectivity index (χ2v) is 7.84. The maximum atomic E-state index is 12.2. The number of nitrogens with zero attached hydrogens (tertiary/aromatic N) is 4. The summed E-state index contributed by atoms with van der Waals surface area (Å²) in [6.07, 6.45) is 0. The number of thiazole rings is 1. The molecular weight excluding hydrogens is 430 g/mol. The van der Waals surface area contributed by atoms with E-state index in [4.69, 9.17) is 9.26 Å². The predicted molar refractivity (Wildman–Crippen MR) is 111 cm³/mol. The van der Waals surface area contributed by atoms with E-state index in [0.29, 0.717) is 27.4 Å². The molecule has 3 heterocycles. The molecule has 4 rings (SSSR count). The largest absolute Gasteiger partial charge is 0.477 e. The number of carbonyl (C=O) groups excluding carboxylic acids is 1. The zero-order valence-electron chi connectivity index (χ0n) is 15.4. The van der Waals surface area contributed by atoms with E-state index in [1.54, 1.807) is 13.0 Å². The molecule has 0 saturated carbocycles. The van der Waals surface area contributed by atoms with Crippen LogP contribution in [0.15, 0.2) is 46.3 Å². The number of ether oxygens (including phenoxy) is 1. The smallest absolute Gasteiger partial charge is 0.310 e. The molecule has 30 heavy (non-hydrogen) atoms. The lowest BCUT2D eigenvalue weighted by Crippen LogP contribution is -2.20. The number of thiophene rings is 1. The van der Waals surface area contributed by atoms with Crippen molar-refractivity contribution in [2.75, 3.05) is 11.9 Å². The SMILES string of the molecule is Cc1nc(NC(=O)COc2ccccc2[N+](=O)[O-])sc1-c1nc(-c2cccs2)no1. The summed E-state index contributed by atoms with van der Waals surface area (Å²) in [4.78, 5) is 32.8. The van der Waals surface area contributed by atoms with Crippen LogP contribution in [0.2, 0.25) is 0 Å². The lowest BCUT2D eigenvalue weighted by molar-refractivity contribution is -0.385. The van der Waals surface area contributed by atoms with Crippen LogP contribution in [0.4, 0.5) is 10.8 Å². The first-order valence-corrected chi connectivity index (χ1v) is 10.2. The molecule has 152 valence electrons. The van der Waals surface area contributed by atoms with Gasteiger partial charge in [0.25, 0.3) is 11.8 Å². The van der Waals surface area contributed by atoms with Crippen molar-refractivity contribution < 1.29 is 19.0 Å². The Bertz CT molecular complexity index is 1200. The number of benzene rings is 1. The van der Waals surface area contributed by atoms with E-state index in [1.165, 1.54) is 40.9 Å². The van der Waals surface area contributed by atoms with Crippen molar-refractivity contribution in [1.82, 2.24) is 15.1 Å². The summed E-state index contributed by atoms with van der Waals surface area (Å²) in [5.74, 6) is 0.306. The summed E-state index contributed by atoms with van der Waals surface area (Å²) in [7, 11) is 0. The van der Waals surface area contributed by atoms with Gasteiger partial charge in [0.1, 0.15) is 4.88 Å². The lowest BCUT2D eigenvalue weighted by atomic mass is 10.3. The molecule has 0 aliphatic carbocycles. The number of rotatable bonds is 7. The van der Waals surface area contributed by atoms with Gasteiger partial charge in [0, 0.05) is 6.07 Å². The first-order chi connectivity index (χ1) is 14.5. The van der Waals surface area contributed by atoms with Crippen LogP contribution in [0.3, 0.4) is 0 Å². The maximum absolute atomic E-state index is 12.2. The normalized spacial score (nSPS) is 10.7. The van der Waals surface area contributed by atoms with Gasteiger partial charge in [-0.3, -0.25) is 20.2 Å². The van der Waals surface area contributed by atoms with E-state index in [2.05, 4.69) is 20.4 Å². The molecule has 3 aromatic heterocycles. The number of nitro groups is 1. The van der Waals surface area contributed by atoms with Gasteiger partial charge in [0.15, 0.2) is 17.5 Å². The lowest BCUT2D eigenvalue weighted by Gasteiger charge is -2.06. The van der Waals surface area contributed by atoms with Gasteiger partial charge in [-0.1, -0.05) is 34.7 Å². The van der Waals surface area contributed by atoms with Crippen LogP contribution >= 0.6 is 22.7 Å². The van der Waals surface area contributed by atoms with Crippen LogP contribution in [-0.4, -0.2) is 32.6 Å². The Morgan fingerprint density at radius 1 is 1.27 bits per heavy atom. The van der Waals surface area contributed by atoms with Crippen LogP contribution in [0.25, 0.3) is 21.5 Å². The molecule has 0 aliphatic rings. The van der Waals surface area contributed by atoms with Crippen molar-refractivity contribution in [3.05, 3.63) is 57.6 Å². The molecule has 0 spiro atoms. The fourth-order valence-corrected chi connectivity index (χ4v) is 4.05. The van der Waals surface area contributed by atoms with Gasteiger partial charge < -0.3 is 9.26 Å². The first kappa shape index (κ1) is 19.7. The number of carbonyl (C=O) groups is 1. The molecule has 0 bridgehead atoms. The average molecular weight is 443 g/mol. The number of nitro benzene ring substituents is 1. The van der Waals surface area contributed by atoms with Crippen LogP contribution in [0.5, 0.6) is 5.75 Å². The topological polar surface area (TPSA) is 133 Å². The Morgan fingerprint density at radius 3 is 2.87 bits per heavy atom. The first-order valence-electron chi connectivity index (χ1n) is 8.52. The number of anilines is 1. The van der Waals surface area contributed by atoms with Gasteiger partial charge in [0.05, 0.1) is 15.5 Å². The standard InChI is InChI=1S/C18H13N5O5S2/c1-10-15(17-21-16(22-28-17)13-7-4-8-29-13)30-18(19-10)20-14(24)9-27-12-6-3-2-5-11(12)23(25)26/h2-8H,9H2,1H3,(H,19,20,24). The van der Waals surface area contributed by atoms with Gasteiger partial charge in [0.2, 0.25) is 5.82 Å². The molecule has 0 unspecified atom stereocenters. The van der Waals surface area contributed by atoms with Crippen LogP contribution < -0.4 is 10.1 Å². The highest BCUT2D eigenvalue weighted by Crippen LogP contribution is 2.33. The van der Waals surface area contributed by atoms with E-state index in [0.717, 1.165) is 4.88 Å². The number of aryl methyl sites for hydroxylation is 1. The highest BCUT2D eigenvalue weighted by molar-refractivity contribution is 7.19. The van der Waals surface area contributed by atoms with E-state index < -0.39 is 17.4 Å². The number of hydrogen-bond donors (Lipinski definition) is 1. The Labute approximate surface area is 177 Å². The summed E-state index contributed by atoms with van der Waals surface area (Å²) in [5, 5.41) is 19.8. The summed E-state index contributed by atoms with van der Waals surface area (Å²) in [6.45, 7) is 1.36. The number of nitrogens with one attached hydrogen (secondary N) is 1. The molecule has 12 heteroatoms. The molecule has 4 aromatic rings. The van der Waals surface area contributed by atoms with E-state index in [1.807, 2.05) is 17.5 Å². The van der Waals surface area contributed by atoms with Crippen LogP contribution in [-0.2, 0) is 4.79 Å². The van der Waals surface area contributed by atoms with Crippen molar-refractivity contribution in [3.8, 4) is 27.2 Å². The average Bonchev–Trinajstić information content (AvgIpc) is 3.47. The predicted octanol–water partition coefficient (Wildman–Crippen LogP) is 4.16. The monoisotopic (exact) mass is 443 g/mol. The van der Waals surface area contributed by atoms with Crippen molar-refractivity contribution >= 4 is 39.4 Å². The highest BCUT2D eigenvalue weighted by atomic mass is 32.1. The summed E-state index contributed by atoms with van der Waals surface area (Å²) < 4.78 is 10.6. The Hall–Kier alpha value is -3.64. The van der Waals surface area contributed by atoms with Gasteiger partial charge >= 0.3 is 5.69 Å². The summed E-state index contributed by atoms with van der Waals surface area (Å²) >= 11 is 2.68. The minimum Gasteiger partial charge on any atom is -0.477 e. The van der Waals surface area contributed by atoms with E-state index in [9.17, 15) is 14.9 Å². The maximum Gasteiger partial charge on any atom is 0.310 e. The molecule has 1 amide bonds. The molecule has 0 atom stereocenters. The molecule has 0 aliphatic heterocycles. The minimum absolute atomic E-state index is 0.0145. The second kappa shape index (κ2) is 8.39. The summed E-state index contributed by atoms with van der Waals surface area (Å²) in [5.41, 5.74) is 0.409. The van der Waals surface area contributed by atoms with Gasteiger partial charge in [-0.05, 0) is 24.4 Å². The van der Waals surface area contributed by atoms with Crippen molar-refractivity contribution in [1.29, 1.82) is 0 Å². The number of aromatic nitrogens is 3. The third-order valence-corrected chi connectivity index (χ3v) is 5.75. The van der Waals surface area contributed by atoms with Crippen molar-refractivity contribution in [2.45, 2.75) is 6.92 Å². The Morgan fingerprint density at radius 2 is 2.10 bits per heavy atom. The molecule has 0 radical (unpaired) electrons. The third-order valence-electron chi connectivity index (χ3n) is 3.83. The van der Waals surface area contributed by atoms with E-state index in [-0.39, 0.29) is 11.4 Å². The van der Waals surface area contributed by atoms with Crippen molar-refractivity contribution in [2.24, 2.45) is 0 Å². The molecule has 10 nitrogen and oxygen atoms in total. The van der Waals surface area contributed by atoms with Gasteiger partial charge in [-0.25, -0.2) is 4.98 Å². The fourth-order valence-electron chi connectivity index (χ4n) is 2.50. The van der Waals surface area contributed by atoms with Gasteiger partial charge in [-0.2, -0.15) is 4.98 Å². The van der Waals surface area contributed by atoms with Gasteiger partial charge in [-0.15, -0.1) is 11.3 Å². The van der Waals surface area contributed by atoms with Crippen molar-refractivity contribution in [3.63, 3.8) is 0 Å². The summed E-state index contributed by atoms with van der Waals surface area (Å²) in [6, 6.07) is 9.63. The Kier molecular flexibility index (Phi) is 5.50. The zero-order chi connectivity index (χ0) is 21.1. The highest BCUT2D eigenvalue weighted by Gasteiger charge is 2.19. The number of amides is 1. The minimum atomic E-state index is -0.571.